The molecular formula is C18H28F3N5. The second-order valence-corrected chi connectivity index (χ2v) is 6.48. The molecule has 1 aromatic carbocycles. The predicted molar refractivity (Wildman–Crippen MR) is 99.4 cm³/mol. The highest BCUT2D eigenvalue weighted by molar-refractivity contribution is 5.78. The molecule has 0 aliphatic carbocycles. The maximum absolute atomic E-state index is 13.1. The van der Waals surface area contributed by atoms with Crippen LogP contribution in [0.25, 0.3) is 0 Å². The van der Waals surface area contributed by atoms with Gasteiger partial charge in [0.25, 0.3) is 0 Å². The molecule has 1 aromatic rings. The third-order valence-corrected chi connectivity index (χ3v) is 4.75. The van der Waals surface area contributed by atoms with Crippen LogP contribution in [0.1, 0.15) is 25.0 Å². The third-order valence-electron chi connectivity index (χ3n) is 4.75. The van der Waals surface area contributed by atoms with Crippen LogP contribution >= 0.6 is 0 Å². The van der Waals surface area contributed by atoms with Gasteiger partial charge in [0.05, 0.1) is 12.1 Å². The van der Waals surface area contributed by atoms with E-state index in [2.05, 4.69) is 14.8 Å². The highest BCUT2D eigenvalue weighted by Gasteiger charge is 2.31. The predicted octanol–water partition coefficient (Wildman–Crippen LogP) is 2.61. The van der Waals surface area contributed by atoms with Crippen LogP contribution < -0.4 is 10.6 Å². The van der Waals surface area contributed by atoms with E-state index in [0.29, 0.717) is 24.6 Å². The average Bonchev–Trinajstić information content (AvgIpc) is 2.61. The molecule has 1 aliphatic heterocycles. The first-order chi connectivity index (χ1) is 12.3. The minimum Gasteiger partial charge on any atom is -0.370 e. The SMILES string of the molecule is CCN(CC)C(N)=NCc1cc(C(F)(F)F)ccc1N1CCN(C)CC1. The number of piperazine rings is 1. The Morgan fingerprint density at radius 1 is 1.15 bits per heavy atom. The van der Waals surface area contributed by atoms with Crippen LogP contribution in [-0.2, 0) is 12.7 Å². The van der Waals surface area contributed by atoms with Gasteiger partial charge in [-0.3, -0.25) is 0 Å². The van der Waals surface area contributed by atoms with Crippen LogP contribution in [0, 0.1) is 0 Å². The molecule has 0 unspecified atom stereocenters. The molecule has 0 atom stereocenters. The molecule has 0 bridgehead atoms. The molecule has 0 saturated carbocycles. The number of nitrogens with zero attached hydrogens (tertiary/aromatic N) is 4. The van der Waals surface area contributed by atoms with Crippen LogP contribution in [0.3, 0.4) is 0 Å². The van der Waals surface area contributed by atoms with Crippen LogP contribution in [-0.4, -0.2) is 62.1 Å². The highest BCUT2D eigenvalue weighted by Crippen LogP contribution is 2.33. The van der Waals surface area contributed by atoms with Crippen molar-refractivity contribution in [2.75, 3.05) is 51.2 Å². The number of halogens is 3. The van der Waals surface area contributed by atoms with Gasteiger partial charge >= 0.3 is 6.18 Å². The Kier molecular flexibility index (Phi) is 6.75. The highest BCUT2D eigenvalue weighted by atomic mass is 19.4. The van der Waals surface area contributed by atoms with E-state index in [1.54, 1.807) is 6.07 Å². The first-order valence-corrected chi connectivity index (χ1v) is 8.94. The summed E-state index contributed by atoms with van der Waals surface area (Å²) < 4.78 is 39.4. The lowest BCUT2D eigenvalue weighted by Gasteiger charge is -2.35. The number of hydrogen-bond donors (Lipinski definition) is 1. The molecule has 0 amide bonds. The number of aliphatic imine (C=N–C) groups is 1. The fourth-order valence-corrected chi connectivity index (χ4v) is 3.06. The van der Waals surface area contributed by atoms with Crippen LogP contribution in [0.2, 0.25) is 0 Å². The maximum atomic E-state index is 13.1. The van der Waals surface area contributed by atoms with Gasteiger partial charge in [0.15, 0.2) is 5.96 Å². The monoisotopic (exact) mass is 371 g/mol. The van der Waals surface area contributed by atoms with Crippen molar-refractivity contribution < 1.29 is 13.2 Å². The van der Waals surface area contributed by atoms with Crippen molar-refractivity contribution in [3.8, 4) is 0 Å². The van der Waals surface area contributed by atoms with Crippen molar-refractivity contribution in [3.05, 3.63) is 29.3 Å². The van der Waals surface area contributed by atoms with Crippen molar-refractivity contribution in [3.63, 3.8) is 0 Å². The smallest absolute Gasteiger partial charge is 0.370 e. The van der Waals surface area contributed by atoms with E-state index in [9.17, 15) is 13.2 Å². The van der Waals surface area contributed by atoms with Gasteiger partial charge in [0.1, 0.15) is 0 Å². The Labute approximate surface area is 153 Å². The number of benzene rings is 1. The molecule has 26 heavy (non-hydrogen) atoms. The molecule has 0 radical (unpaired) electrons. The van der Waals surface area contributed by atoms with Gasteiger partial charge in [-0.2, -0.15) is 13.2 Å². The summed E-state index contributed by atoms with van der Waals surface area (Å²) >= 11 is 0. The molecule has 146 valence electrons. The largest absolute Gasteiger partial charge is 0.416 e. The van der Waals surface area contributed by atoms with E-state index in [1.165, 1.54) is 6.07 Å². The zero-order valence-electron chi connectivity index (χ0n) is 15.7. The Morgan fingerprint density at radius 2 is 1.77 bits per heavy atom. The summed E-state index contributed by atoms with van der Waals surface area (Å²) in [5, 5.41) is 0. The molecule has 1 heterocycles. The van der Waals surface area contributed by atoms with E-state index < -0.39 is 11.7 Å². The number of rotatable bonds is 5. The van der Waals surface area contributed by atoms with E-state index >= 15 is 0 Å². The standard InChI is InChI=1S/C18H28F3N5/c1-4-25(5-2)17(22)23-13-14-12-15(18(19,20)21)6-7-16(14)26-10-8-24(3)9-11-26/h6-7,12H,4-5,8-11,13H2,1-3H3,(H2,22,23). The minimum atomic E-state index is -4.37. The lowest BCUT2D eigenvalue weighted by atomic mass is 10.1. The second kappa shape index (κ2) is 8.62. The zero-order chi connectivity index (χ0) is 19.3. The Bertz CT molecular complexity index is 618. The fourth-order valence-electron chi connectivity index (χ4n) is 3.06. The summed E-state index contributed by atoms with van der Waals surface area (Å²) in [5.41, 5.74) is 6.70. The van der Waals surface area contributed by atoms with Gasteiger partial charge in [-0.1, -0.05) is 0 Å². The number of anilines is 1. The molecule has 1 saturated heterocycles. The van der Waals surface area contributed by atoms with E-state index in [-0.39, 0.29) is 6.54 Å². The normalized spacial score (nSPS) is 16.8. The average molecular weight is 371 g/mol. The Balaban J connectivity index is 2.31. The second-order valence-electron chi connectivity index (χ2n) is 6.48. The van der Waals surface area contributed by atoms with Crippen LogP contribution in [0.4, 0.5) is 18.9 Å². The third kappa shape index (κ3) is 5.03. The van der Waals surface area contributed by atoms with Crippen molar-refractivity contribution in [2.45, 2.75) is 26.6 Å². The molecule has 8 heteroatoms. The first kappa shape index (κ1) is 20.4. The number of nitrogens with two attached hydrogens (primary N) is 1. The van der Waals surface area contributed by atoms with E-state index in [1.807, 2.05) is 25.8 Å². The van der Waals surface area contributed by atoms with Gasteiger partial charge in [0.2, 0.25) is 0 Å². The molecule has 0 spiro atoms. The molecular weight excluding hydrogens is 343 g/mol. The molecule has 5 nitrogen and oxygen atoms in total. The van der Waals surface area contributed by atoms with Crippen molar-refractivity contribution in [1.29, 1.82) is 0 Å². The van der Waals surface area contributed by atoms with Gasteiger partial charge in [-0.15, -0.1) is 0 Å². The topological polar surface area (TPSA) is 48.1 Å². The van der Waals surface area contributed by atoms with Crippen LogP contribution in [0.5, 0.6) is 0 Å². The molecule has 2 N–H and O–H groups in total. The van der Waals surface area contributed by atoms with Crippen molar-refractivity contribution in [2.24, 2.45) is 10.7 Å². The van der Waals surface area contributed by atoms with Crippen molar-refractivity contribution in [1.82, 2.24) is 9.80 Å². The molecule has 1 aliphatic rings. The number of alkyl halides is 3. The summed E-state index contributed by atoms with van der Waals surface area (Å²) in [5.74, 6) is 0.358. The van der Waals surface area contributed by atoms with E-state index in [4.69, 9.17) is 5.73 Å². The number of guanidine groups is 1. The van der Waals surface area contributed by atoms with Crippen molar-refractivity contribution >= 4 is 11.6 Å². The maximum Gasteiger partial charge on any atom is 0.416 e. The van der Waals surface area contributed by atoms with Gasteiger partial charge in [-0.25, -0.2) is 4.99 Å². The summed E-state index contributed by atoms with van der Waals surface area (Å²) in [6, 6.07) is 3.91. The number of hydrogen-bond acceptors (Lipinski definition) is 3. The summed E-state index contributed by atoms with van der Waals surface area (Å²) in [6.07, 6.45) is -4.37. The Hall–Kier alpha value is -1.96. The van der Waals surface area contributed by atoms with Gasteiger partial charge < -0.3 is 20.4 Å². The minimum absolute atomic E-state index is 0.133. The molecule has 0 aromatic heterocycles. The van der Waals surface area contributed by atoms with Gasteiger partial charge in [-0.05, 0) is 44.7 Å². The van der Waals surface area contributed by atoms with E-state index in [0.717, 1.165) is 37.9 Å². The lowest BCUT2D eigenvalue weighted by molar-refractivity contribution is -0.137. The lowest BCUT2D eigenvalue weighted by Crippen LogP contribution is -2.44. The summed E-state index contributed by atoms with van der Waals surface area (Å²) in [7, 11) is 2.04. The van der Waals surface area contributed by atoms with Gasteiger partial charge in [0, 0.05) is 45.0 Å². The van der Waals surface area contributed by atoms with Crippen LogP contribution in [0.15, 0.2) is 23.2 Å². The Morgan fingerprint density at radius 3 is 2.31 bits per heavy atom. The summed E-state index contributed by atoms with van der Waals surface area (Å²) in [4.78, 5) is 10.6. The quantitative estimate of drug-likeness (QED) is 0.639. The molecule has 1 fully saturated rings. The molecule has 2 rings (SSSR count). The fraction of sp³-hybridized carbons (Fsp3) is 0.611. The number of likely N-dealkylation sites (N-methyl/N-ethyl adjacent to an activating group) is 1. The first-order valence-electron chi connectivity index (χ1n) is 8.94. The summed E-state index contributed by atoms with van der Waals surface area (Å²) in [6.45, 7) is 8.80. The zero-order valence-corrected chi connectivity index (χ0v) is 15.7.